The van der Waals surface area contributed by atoms with Crippen molar-refractivity contribution in [3.8, 4) is 39.5 Å². The van der Waals surface area contributed by atoms with Crippen LogP contribution in [0.3, 0.4) is 0 Å². The largest absolute Gasteiger partial charge is 0.481 e. The Hall–Kier alpha value is -4.81. The number of halogens is 2. The van der Waals surface area contributed by atoms with Gasteiger partial charge in [0.15, 0.2) is 6.04 Å². The maximum absolute atomic E-state index is 13.4. The fourth-order valence-electron chi connectivity index (χ4n) is 7.56. The van der Waals surface area contributed by atoms with E-state index in [2.05, 4.69) is 28.9 Å². The van der Waals surface area contributed by atoms with Gasteiger partial charge in [-0.15, -0.1) is 0 Å². The molecule has 0 saturated carbocycles. The van der Waals surface area contributed by atoms with Crippen LogP contribution in [0.15, 0.2) is 66.9 Å². The molecule has 0 spiro atoms. The van der Waals surface area contributed by atoms with E-state index in [-0.39, 0.29) is 31.1 Å². The minimum Gasteiger partial charge on any atom is -0.481 e. The van der Waals surface area contributed by atoms with Crippen molar-refractivity contribution in [1.82, 2.24) is 24.8 Å². The minimum absolute atomic E-state index is 0.0478. The molecular formula is C44H49Cl2N6O5+. The molecule has 2 aromatic carbocycles. The van der Waals surface area contributed by atoms with Gasteiger partial charge in [0.05, 0.1) is 54.2 Å². The van der Waals surface area contributed by atoms with Gasteiger partial charge in [-0.1, -0.05) is 59.6 Å². The minimum atomic E-state index is -0.709. The molecule has 2 aliphatic rings. The lowest BCUT2D eigenvalue weighted by atomic mass is 9.98. The van der Waals surface area contributed by atoms with Crippen molar-refractivity contribution in [2.45, 2.75) is 77.3 Å². The zero-order valence-electron chi connectivity index (χ0n) is 33.1. The number of fused-ring (bicyclic) bond motifs is 1. The van der Waals surface area contributed by atoms with E-state index in [0.29, 0.717) is 45.6 Å². The molecule has 11 nitrogen and oxygen atoms in total. The Balaban J connectivity index is 1.14. The van der Waals surface area contributed by atoms with Crippen LogP contribution in [0.1, 0.15) is 57.6 Å². The molecule has 7 rings (SSSR count). The monoisotopic (exact) mass is 811 g/mol. The second-order valence-electron chi connectivity index (χ2n) is 15.7. The van der Waals surface area contributed by atoms with Crippen LogP contribution in [0.4, 0.5) is 4.79 Å². The van der Waals surface area contributed by atoms with Gasteiger partial charge in [0, 0.05) is 72.6 Å². The maximum Gasteiger partial charge on any atom is 0.410 e. The summed E-state index contributed by atoms with van der Waals surface area (Å²) in [5.74, 6) is 0.286. The zero-order chi connectivity index (χ0) is 40.4. The summed E-state index contributed by atoms with van der Waals surface area (Å²) in [4.78, 5) is 37.1. The van der Waals surface area contributed by atoms with Gasteiger partial charge >= 0.3 is 12.0 Å². The number of nitrogens with one attached hydrogen (secondary N) is 1. The highest BCUT2D eigenvalue weighted by Gasteiger charge is 2.38. The fourth-order valence-corrected chi connectivity index (χ4v) is 8.21. The molecule has 1 N–H and O–H groups in total. The average molecular weight is 813 g/mol. The number of benzene rings is 2. The number of nitrogens with zero attached hydrogens (tertiary/aromatic N) is 5. The first-order valence-corrected chi connectivity index (χ1v) is 20.1. The molecule has 3 aromatic heterocycles. The molecule has 0 bridgehead atoms. The lowest BCUT2D eigenvalue weighted by Crippen LogP contribution is -2.42. The number of hydrogen-bond donors (Lipinski definition) is 1. The van der Waals surface area contributed by atoms with Crippen molar-refractivity contribution < 1.29 is 28.4 Å². The van der Waals surface area contributed by atoms with Crippen molar-refractivity contribution in [3.63, 3.8) is 0 Å². The number of aromatic nitrogens is 3. The topological polar surface area (TPSA) is 111 Å². The lowest BCUT2D eigenvalue weighted by Gasteiger charge is -2.28. The molecule has 2 aliphatic heterocycles. The molecule has 2 atom stereocenters. The Morgan fingerprint density at radius 2 is 1.65 bits per heavy atom. The van der Waals surface area contributed by atoms with E-state index in [1.807, 2.05) is 82.4 Å². The van der Waals surface area contributed by atoms with Crippen LogP contribution in [-0.4, -0.2) is 87.3 Å². The molecule has 2 fully saturated rings. The Morgan fingerprint density at radius 1 is 0.982 bits per heavy atom. The molecule has 5 aromatic rings. The second-order valence-corrected chi connectivity index (χ2v) is 16.5. The summed E-state index contributed by atoms with van der Waals surface area (Å²) in [6.07, 6.45) is 5.12. The van der Waals surface area contributed by atoms with Gasteiger partial charge in [-0.3, -0.25) is 4.90 Å². The van der Waals surface area contributed by atoms with Crippen molar-refractivity contribution in [2.24, 2.45) is 7.05 Å². The van der Waals surface area contributed by atoms with Gasteiger partial charge in [-0.2, -0.15) is 4.58 Å². The number of ether oxygens (including phenoxy) is 3. The normalized spacial score (nSPS) is 17.1. The van der Waals surface area contributed by atoms with Gasteiger partial charge in [0.25, 0.3) is 0 Å². The van der Waals surface area contributed by atoms with Crippen LogP contribution in [0.2, 0.25) is 10.0 Å². The zero-order valence-corrected chi connectivity index (χ0v) is 34.6. The summed E-state index contributed by atoms with van der Waals surface area (Å²) in [5, 5.41) is 5.64. The van der Waals surface area contributed by atoms with Gasteiger partial charge in [0.1, 0.15) is 18.0 Å². The third-order valence-corrected chi connectivity index (χ3v) is 11.3. The van der Waals surface area contributed by atoms with Crippen LogP contribution in [0.5, 0.6) is 5.88 Å². The second kappa shape index (κ2) is 17.0. The first kappa shape index (κ1) is 40.4. The average Bonchev–Trinajstić information content (AvgIpc) is 3.90. The Kier molecular flexibility index (Phi) is 12.0. The Labute approximate surface area is 343 Å². The van der Waals surface area contributed by atoms with E-state index in [1.54, 1.807) is 4.90 Å². The summed E-state index contributed by atoms with van der Waals surface area (Å²) in [5.41, 5.74) is 6.33. The molecule has 1 unspecified atom stereocenters. The maximum atomic E-state index is 13.4. The van der Waals surface area contributed by atoms with Crippen LogP contribution in [-0.2, 0) is 34.4 Å². The summed E-state index contributed by atoms with van der Waals surface area (Å²) < 4.78 is 20.8. The first-order valence-electron chi connectivity index (χ1n) is 19.3. The van der Waals surface area contributed by atoms with E-state index in [0.717, 1.165) is 66.0 Å². The highest BCUT2D eigenvalue weighted by molar-refractivity contribution is 6.39. The summed E-state index contributed by atoms with van der Waals surface area (Å²) in [6, 6.07) is 19.2. The predicted molar refractivity (Wildman–Crippen MR) is 224 cm³/mol. The number of carbonyl (C=O) groups excluding carboxylic acids is 2. The summed E-state index contributed by atoms with van der Waals surface area (Å²) in [7, 11) is 3.55. The number of rotatable bonds is 12. The number of carbonyl (C=O) groups is 2. The van der Waals surface area contributed by atoms with Crippen molar-refractivity contribution in [1.29, 1.82) is 0 Å². The van der Waals surface area contributed by atoms with Crippen LogP contribution < -0.4 is 10.1 Å². The highest BCUT2D eigenvalue weighted by Crippen LogP contribution is 2.42. The highest BCUT2D eigenvalue weighted by atomic mass is 35.5. The summed E-state index contributed by atoms with van der Waals surface area (Å²) >= 11 is 14.4. The molecule has 5 heterocycles. The van der Waals surface area contributed by atoms with E-state index in [9.17, 15) is 9.59 Å². The van der Waals surface area contributed by atoms with Crippen LogP contribution in [0, 0.1) is 0 Å². The third-order valence-electron chi connectivity index (χ3n) is 10.5. The van der Waals surface area contributed by atoms with Crippen molar-refractivity contribution >= 4 is 53.0 Å². The number of methoxy groups -OCH3 is 1. The number of hydrogen-bond acceptors (Lipinski definition) is 8. The lowest BCUT2D eigenvalue weighted by molar-refractivity contribution is -0.465. The van der Waals surface area contributed by atoms with Crippen molar-refractivity contribution in [3.05, 3.63) is 88.0 Å². The van der Waals surface area contributed by atoms with E-state index in [1.165, 1.54) is 17.2 Å². The van der Waals surface area contributed by atoms with Gasteiger partial charge in [0.2, 0.25) is 5.88 Å². The summed E-state index contributed by atoms with van der Waals surface area (Å²) in [6.45, 7) is 12.2. The van der Waals surface area contributed by atoms with Gasteiger partial charge < -0.3 is 24.1 Å². The van der Waals surface area contributed by atoms with Crippen LogP contribution in [0.25, 0.3) is 44.7 Å². The molecule has 298 valence electrons. The molecule has 57 heavy (non-hydrogen) atoms. The van der Waals surface area contributed by atoms with Gasteiger partial charge in [-0.05, 0) is 63.4 Å². The Bertz CT molecular complexity index is 2330. The van der Waals surface area contributed by atoms with E-state index >= 15 is 0 Å². The molecule has 0 radical (unpaired) electrons. The number of aryl methyl sites for hydroxylation is 1. The first-order chi connectivity index (χ1) is 27.3. The fraction of sp³-hybridized carbons (Fsp3) is 0.386. The molecule has 0 aliphatic carbocycles. The number of pyridine rings is 2. The number of amides is 2. The predicted octanol–water partition coefficient (Wildman–Crippen LogP) is 8.69. The quantitative estimate of drug-likeness (QED) is 0.125. The molecule has 13 heteroatoms. The molecule has 2 amide bonds. The van der Waals surface area contributed by atoms with E-state index in [4.69, 9.17) is 47.4 Å². The Morgan fingerprint density at radius 3 is 2.26 bits per heavy atom. The molecule has 2 saturated heterocycles. The smallest absolute Gasteiger partial charge is 0.410 e. The van der Waals surface area contributed by atoms with Crippen molar-refractivity contribution in [2.75, 3.05) is 26.8 Å². The molecular weight excluding hydrogens is 763 g/mol. The standard InChI is InChI=1S/C44H49Cl2N6O5/c1-44(2,3)57-43(54)52(26-29-16-20-38(53)51(29)5)25-27-15-18-37(49-42(27)55-6)35-14-8-12-33(40(35)46)32-11-7-13-34(39(32)45)36-19-17-31-28(24-50(4)41(31)48-36)22-47-23-30-10-9-21-56-30/h7-8,11-15,17-19,24,29-30,47H,5,9-10,16,20-23,25-26H2,1-4,6H3/q+1/t29?,30-/m0/s1. The van der Waals surface area contributed by atoms with E-state index < -0.39 is 11.7 Å². The van der Waals surface area contributed by atoms with Crippen LogP contribution >= 0.6 is 23.2 Å². The SMILES string of the molecule is C=[N+]1C(=O)CCC1CN(Cc1ccc(-c2cccc(-c3cccc(-c4ccc5c(CNC[C@@H]6CCCO6)cn(C)c5n4)c3Cl)c2Cl)nc1OC)C(=O)OC(C)(C)C. The van der Waals surface area contributed by atoms with Gasteiger partial charge in [-0.25, -0.2) is 19.6 Å². The third kappa shape index (κ3) is 8.87.